The molecule has 1 aromatic carbocycles. The van der Waals surface area contributed by atoms with Gasteiger partial charge in [-0.15, -0.1) is 0 Å². The van der Waals surface area contributed by atoms with Crippen LogP contribution in [0.5, 0.6) is 5.75 Å². The van der Waals surface area contributed by atoms with Crippen molar-refractivity contribution < 1.29 is 28.0 Å². The number of ether oxygens (including phenoxy) is 1. The quantitative estimate of drug-likeness (QED) is 0.753. The van der Waals surface area contributed by atoms with E-state index in [4.69, 9.17) is 10.0 Å². The average Bonchev–Trinajstić information content (AvgIpc) is 2.13. The highest BCUT2D eigenvalue weighted by Crippen LogP contribution is 2.18. The highest BCUT2D eigenvalue weighted by atomic mass is 19.4. The lowest BCUT2D eigenvalue weighted by Gasteiger charge is -2.11. The Bertz CT molecular complexity index is 366. The number of rotatable bonds is 3. The first-order valence-corrected chi connectivity index (χ1v) is 4.45. The van der Waals surface area contributed by atoms with Gasteiger partial charge in [-0.25, -0.2) is 0 Å². The lowest BCUT2D eigenvalue weighted by Crippen LogP contribution is -2.30. The van der Waals surface area contributed by atoms with Crippen LogP contribution in [-0.2, 0) is 0 Å². The third-order valence-corrected chi connectivity index (χ3v) is 1.77. The van der Waals surface area contributed by atoms with Gasteiger partial charge in [0.25, 0.3) is 0 Å². The lowest BCUT2D eigenvalue weighted by molar-refractivity contribution is -0.153. The van der Waals surface area contributed by atoms with E-state index in [0.29, 0.717) is 5.56 Å². The zero-order chi connectivity index (χ0) is 12.3. The van der Waals surface area contributed by atoms with Gasteiger partial charge in [0.2, 0.25) is 0 Å². The van der Waals surface area contributed by atoms with Gasteiger partial charge in [-0.1, -0.05) is 6.07 Å². The maximum atomic E-state index is 11.9. The van der Waals surface area contributed by atoms with Gasteiger partial charge >= 0.3 is 13.3 Å². The molecule has 3 nitrogen and oxygen atoms in total. The highest BCUT2D eigenvalue weighted by molar-refractivity contribution is 6.58. The molecule has 0 heterocycles. The van der Waals surface area contributed by atoms with E-state index in [2.05, 4.69) is 4.74 Å². The molecule has 1 rings (SSSR count). The van der Waals surface area contributed by atoms with Crippen molar-refractivity contribution in [3.8, 4) is 5.75 Å². The average molecular weight is 234 g/mol. The van der Waals surface area contributed by atoms with Crippen LogP contribution in [0.15, 0.2) is 18.2 Å². The molecule has 0 fully saturated rings. The summed E-state index contributed by atoms with van der Waals surface area (Å²) < 4.78 is 40.1. The predicted octanol–water partition coefficient (Wildman–Crippen LogP) is 0.616. The van der Waals surface area contributed by atoms with Crippen LogP contribution in [0.1, 0.15) is 5.56 Å². The van der Waals surface area contributed by atoms with Crippen LogP contribution in [0, 0.1) is 6.92 Å². The molecule has 0 aliphatic heterocycles. The van der Waals surface area contributed by atoms with Crippen molar-refractivity contribution in [2.24, 2.45) is 0 Å². The van der Waals surface area contributed by atoms with Gasteiger partial charge in [-0.3, -0.25) is 0 Å². The Labute approximate surface area is 90.6 Å². The zero-order valence-corrected chi connectivity index (χ0v) is 8.45. The van der Waals surface area contributed by atoms with Crippen LogP contribution >= 0.6 is 0 Å². The Morgan fingerprint density at radius 2 is 1.88 bits per heavy atom. The van der Waals surface area contributed by atoms with Crippen molar-refractivity contribution in [1.29, 1.82) is 0 Å². The minimum Gasteiger partial charge on any atom is -0.484 e. The predicted molar refractivity (Wildman–Crippen MR) is 52.6 cm³/mol. The molecule has 88 valence electrons. The largest absolute Gasteiger partial charge is 0.488 e. The molecule has 0 bridgehead atoms. The van der Waals surface area contributed by atoms with Crippen LogP contribution in [-0.4, -0.2) is 29.9 Å². The third kappa shape index (κ3) is 4.12. The van der Waals surface area contributed by atoms with Crippen LogP contribution in [0.4, 0.5) is 13.2 Å². The van der Waals surface area contributed by atoms with Crippen molar-refractivity contribution in [2.45, 2.75) is 13.1 Å². The minimum atomic E-state index is -4.41. The van der Waals surface area contributed by atoms with Gasteiger partial charge in [0.05, 0.1) is 0 Å². The van der Waals surface area contributed by atoms with Gasteiger partial charge in [0, 0.05) is 0 Å². The topological polar surface area (TPSA) is 49.7 Å². The molecular formula is C9H10BF3O3. The van der Waals surface area contributed by atoms with E-state index in [1.165, 1.54) is 12.1 Å². The molecule has 0 saturated carbocycles. The van der Waals surface area contributed by atoms with Crippen LogP contribution in [0.2, 0.25) is 0 Å². The zero-order valence-electron chi connectivity index (χ0n) is 8.45. The number of hydrogen-bond acceptors (Lipinski definition) is 3. The fourth-order valence-electron chi connectivity index (χ4n) is 1.17. The van der Waals surface area contributed by atoms with Gasteiger partial charge in [0.1, 0.15) is 5.75 Å². The normalized spacial score (nSPS) is 11.4. The van der Waals surface area contributed by atoms with E-state index in [1.807, 2.05) is 0 Å². The molecular weight excluding hydrogens is 224 g/mol. The first kappa shape index (κ1) is 12.9. The smallest absolute Gasteiger partial charge is 0.484 e. The monoisotopic (exact) mass is 234 g/mol. The Morgan fingerprint density at radius 1 is 1.25 bits per heavy atom. The van der Waals surface area contributed by atoms with E-state index in [1.54, 1.807) is 6.92 Å². The highest BCUT2D eigenvalue weighted by Gasteiger charge is 2.28. The molecule has 0 amide bonds. The molecule has 1 aromatic rings. The molecule has 0 atom stereocenters. The van der Waals surface area contributed by atoms with Crippen molar-refractivity contribution in [3.63, 3.8) is 0 Å². The van der Waals surface area contributed by atoms with E-state index < -0.39 is 19.9 Å². The van der Waals surface area contributed by atoms with Gasteiger partial charge in [-0.2, -0.15) is 13.2 Å². The molecule has 7 heteroatoms. The summed E-state index contributed by atoms with van der Waals surface area (Å²) in [6.45, 7) is 0.212. The number of benzene rings is 1. The Kier molecular flexibility index (Phi) is 3.82. The Morgan fingerprint density at radius 3 is 2.38 bits per heavy atom. The van der Waals surface area contributed by atoms with Crippen LogP contribution in [0.3, 0.4) is 0 Å². The molecule has 16 heavy (non-hydrogen) atoms. The molecule has 2 N–H and O–H groups in total. The van der Waals surface area contributed by atoms with Gasteiger partial charge in [0.15, 0.2) is 6.61 Å². The summed E-state index contributed by atoms with van der Waals surface area (Å²) in [5, 5.41) is 17.8. The molecule has 0 aliphatic rings. The SMILES string of the molecule is Cc1cc(OCC(F)(F)F)cc(B(O)O)c1. The second-order valence-electron chi connectivity index (χ2n) is 3.36. The molecule has 0 radical (unpaired) electrons. The number of halogens is 3. The molecule has 0 aromatic heterocycles. The maximum absolute atomic E-state index is 11.9. The Balaban J connectivity index is 2.81. The van der Waals surface area contributed by atoms with Crippen molar-refractivity contribution in [3.05, 3.63) is 23.8 Å². The van der Waals surface area contributed by atoms with Crippen molar-refractivity contribution >= 4 is 12.6 Å². The van der Waals surface area contributed by atoms with E-state index in [0.717, 1.165) is 6.07 Å². The molecule has 0 unspecified atom stereocenters. The lowest BCUT2D eigenvalue weighted by atomic mass is 9.79. The van der Waals surface area contributed by atoms with E-state index in [9.17, 15) is 13.2 Å². The van der Waals surface area contributed by atoms with Crippen molar-refractivity contribution in [2.75, 3.05) is 6.61 Å². The summed E-state index contributed by atoms with van der Waals surface area (Å²) in [4.78, 5) is 0. The minimum absolute atomic E-state index is 0.0413. The maximum Gasteiger partial charge on any atom is 0.488 e. The summed E-state index contributed by atoms with van der Waals surface area (Å²) in [7, 11) is -1.73. The summed E-state index contributed by atoms with van der Waals surface area (Å²) in [5.74, 6) is -0.0413. The standard InChI is InChI=1S/C9H10BF3O3/c1-6-2-7(10(14)15)4-8(3-6)16-5-9(11,12)13/h2-4,14-15H,5H2,1H3. The molecule has 0 spiro atoms. The van der Waals surface area contributed by atoms with E-state index >= 15 is 0 Å². The van der Waals surface area contributed by atoms with Gasteiger partial charge < -0.3 is 14.8 Å². The first-order chi connectivity index (χ1) is 7.28. The number of alkyl halides is 3. The van der Waals surface area contributed by atoms with Crippen LogP contribution in [0.25, 0.3) is 0 Å². The van der Waals surface area contributed by atoms with E-state index in [-0.39, 0.29) is 11.2 Å². The number of aryl methyl sites for hydroxylation is 1. The summed E-state index contributed by atoms with van der Waals surface area (Å²) >= 11 is 0. The van der Waals surface area contributed by atoms with Crippen molar-refractivity contribution in [1.82, 2.24) is 0 Å². The number of hydrogen-bond donors (Lipinski definition) is 2. The Hall–Kier alpha value is -1.21. The summed E-state index contributed by atoms with van der Waals surface area (Å²) in [6.07, 6.45) is -4.41. The molecule has 0 aliphatic carbocycles. The first-order valence-electron chi connectivity index (χ1n) is 4.45. The summed E-state index contributed by atoms with van der Waals surface area (Å²) in [6, 6.07) is 3.99. The third-order valence-electron chi connectivity index (χ3n) is 1.77. The van der Waals surface area contributed by atoms with Crippen LogP contribution < -0.4 is 10.2 Å². The summed E-state index contributed by atoms with van der Waals surface area (Å²) in [5.41, 5.74) is 0.681. The van der Waals surface area contributed by atoms with Gasteiger partial charge in [-0.05, 0) is 30.1 Å². The fourth-order valence-corrected chi connectivity index (χ4v) is 1.17. The second-order valence-corrected chi connectivity index (χ2v) is 3.36. The molecule has 0 saturated heterocycles. The fraction of sp³-hybridized carbons (Fsp3) is 0.333. The second kappa shape index (κ2) is 4.75.